The van der Waals surface area contributed by atoms with Gasteiger partial charge in [0.2, 0.25) is 0 Å². The molecule has 0 saturated heterocycles. The van der Waals surface area contributed by atoms with Gasteiger partial charge >= 0.3 is 0 Å². The first-order valence-electron chi connectivity index (χ1n) is 10.8. The minimum Gasteiger partial charge on any atom is -0.278 e. The van der Waals surface area contributed by atoms with Gasteiger partial charge in [0.15, 0.2) is 0 Å². The number of nitrogens with one attached hydrogen (secondary N) is 1. The van der Waals surface area contributed by atoms with Crippen molar-refractivity contribution in [3.63, 3.8) is 0 Å². The van der Waals surface area contributed by atoms with Gasteiger partial charge in [0.05, 0.1) is 33.4 Å². The molecule has 0 fully saturated rings. The molecule has 0 amide bonds. The molecule has 0 bridgehead atoms. The van der Waals surface area contributed by atoms with Gasteiger partial charge in [-0.2, -0.15) is 0 Å². The molecule has 3 aromatic heterocycles. The van der Waals surface area contributed by atoms with Crippen molar-refractivity contribution in [3.05, 3.63) is 94.4 Å². The molecule has 0 atom stereocenters. The highest BCUT2D eigenvalue weighted by atomic mass is 35.5. The van der Waals surface area contributed by atoms with Crippen molar-refractivity contribution < 1.29 is 8.42 Å². The molecule has 1 aromatic carbocycles. The van der Waals surface area contributed by atoms with E-state index in [1.165, 1.54) is 18.5 Å². The molecule has 4 aromatic rings. The molecule has 0 aliphatic rings. The molecule has 9 heteroatoms. The summed E-state index contributed by atoms with van der Waals surface area (Å²) >= 11 is 6.09. The number of aryl methyl sites for hydroxylation is 3. The Kier molecular flexibility index (Phi) is 7.10. The molecule has 0 spiro atoms. The minimum absolute atomic E-state index is 0.0103. The number of sulfonamides is 1. The fourth-order valence-corrected chi connectivity index (χ4v) is 5.06. The van der Waals surface area contributed by atoms with Crippen LogP contribution in [-0.2, 0) is 16.4 Å². The average molecular weight is 504 g/mol. The minimum atomic E-state index is -3.90. The summed E-state index contributed by atoms with van der Waals surface area (Å²) in [5.74, 6) is 6.28. The van der Waals surface area contributed by atoms with E-state index in [1.807, 2.05) is 26.0 Å². The summed E-state index contributed by atoms with van der Waals surface area (Å²) in [5, 5.41) is 0.136. The second-order valence-electron chi connectivity index (χ2n) is 7.73. The number of rotatable bonds is 5. The van der Waals surface area contributed by atoms with Crippen LogP contribution in [0.3, 0.4) is 0 Å². The topological polar surface area (TPSA) is 97.7 Å². The van der Waals surface area contributed by atoms with Crippen molar-refractivity contribution in [2.45, 2.75) is 32.1 Å². The zero-order valence-corrected chi connectivity index (χ0v) is 20.9. The molecule has 3 heterocycles. The predicted octanol–water partition coefficient (Wildman–Crippen LogP) is 4.97. The number of anilines is 1. The van der Waals surface area contributed by atoms with Gasteiger partial charge in [0.25, 0.3) is 10.0 Å². The van der Waals surface area contributed by atoms with Crippen molar-refractivity contribution >= 4 is 27.3 Å². The number of hydrogen-bond acceptors (Lipinski definition) is 6. The van der Waals surface area contributed by atoms with Crippen LogP contribution in [0.4, 0.5) is 5.69 Å². The molecule has 1 N–H and O–H groups in total. The molecule has 0 aliphatic carbocycles. The molecule has 7 nitrogen and oxygen atoms in total. The Morgan fingerprint density at radius 1 is 1.00 bits per heavy atom. The Morgan fingerprint density at radius 2 is 1.80 bits per heavy atom. The largest absolute Gasteiger partial charge is 0.278 e. The summed E-state index contributed by atoms with van der Waals surface area (Å²) in [6.45, 7) is 5.63. The van der Waals surface area contributed by atoms with Gasteiger partial charge in [0, 0.05) is 29.2 Å². The van der Waals surface area contributed by atoms with E-state index in [-0.39, 0.29) is 9.92 Å². The molecular weight excluding hydrogens is 482 g/mol. The van der Waals surface area contributed by atoms with Crippen molar-refractivity contribution in [2.24, 2.45) is 0 Å². The normalized spacial score (nSPS) is 11.0. The highest BCUT2D eigenvalue weighted by Crippen LogP contribution is 2.26. The van der Waals surface area contributed by atoms with Gasteiger partial charge in [-0.05, 0) is 50.6 Å². The molecule has 4 rings (SSSR count). The Hall–Kier alpha value is -3.80. The lowest BCUT2D eigenvalue weighted by atomic mass is 10.0. The zero-order valence-electron chi connectivity index (χ0n) is 19.4. The van der Waals surface area contributed by atoms with Gasteiger partial charge in [-0.15, -0.1) is 0 Å². The molecule has 0 aliphatic heterocycles. The highest BCUT2D eigenvalue weighted by molar-refractivity contribution is 7.92. The second kappa shape index (κ2) is 10.2. The Bertz CT molecular complexity index is 1580. The smallest absolute Gasteiger partial charge is 0.263 e. The number of aromatic nitrogens is 4. The fraction of sp³-hybridized carbons (Fsp3) is 0.154. The lowest BCUT2D eigenvalue weighted by Gasteiger charge is -2.11. The summed E-state index contributed by atoms with van der Waals surface area (Å²) < 4.78 is 28.4. The van der Waals surface area contributed by atoms with Crippen molar-refractivity contribution in [1.82, 2.24) is 19.9 Å². The molecule has 0 radical (unpaired) electrons. The zero-order chi connectivity index (χ0) is 25.0. The van der Waals surface area contributed by atoms with Crippen LogP contribution in [0.15, 0.2) is 66.1 Å². The number of benzene rings is 1. The van der Waals surface area contributed by atoms with E-state index in [1.54, 1.807) is 37.5 Å². The first-order valence-corrected chi connectivity index (χ1v) is 12.7. The van der Waals surface area contributed by atoms with E-state index < -0.39 is 10.0 Å². The first kappa shape index (κ1) is 24.3. The van der Waals surface area contributed by atoms with Crippen LogP contribution in [-0.4, -0.2) is 28.4 Å². The van der Waals surface area contributed by atoms with Gasteiger partial charge in [0.1, 0.15) is 11.2 Å². The van der Waals surface area contributed by atoms with E-state index in [9.17, 15) is 8.42 Å². The fourth-order valence-electron chi connectivity index (χ4n) is 3.44. The number of halogens is 1. The third-order valence-electron chi connectivity index (χ3n) is 5.22. The quantitative estimate of drug-likeness (QED) is 0.386. The van der Waals surface area contributed by atoms with Crippen LogP contribution in [0.5, 0.6) is 0 Å². The first-order chi connectivity index (χ1) is 16.8. The maximum absolute atomic E-state index is 12.9. The molecule has 0 unspecified atom stereocenters. The van der Waals surface area contributed by atoms with Gasteiger partial charge in [-0.25, -0.2) is 18.4 Å². The summed E-state index contributed by atoms with van der Waals surface area (Å²) in [6.07, 6.45) is 5.54. The molecule has 35 heavy (non-hydrogen) atoms. The standard InChI is InChI=1S/C26H22ClN5O2S/c1-4-23-21(26(31-16-30-23)20-11-12-28-17(2)13-20)10-9-19-14-24(18(3)29-15-19)32-35(33,34)25-8-6-5-7-22(25)27/h5-8,11-16,32H,4H2,1-3H3. The van der Waals surface area contributed by atoms with Crippen LogP contribution in [0.25, 0.3) is 11.3 Å². The molecule has 176 valence electrons. The average Bonchev–Trinajstić information content (AvgIpc) is 2.84. The SMILES string of the molecule is CCc1ncnc(-c2ccnc(C)c2)c1C#Cc1cnc(C)c(NS(=O)(=O)c2ccccc2Cl)c1. The van der Waals surface area contributed by atoms with Gasteiger partial charge < -0.3 is 0 Å². The number of nitrogens with zero attached hydrogens (tertiary/aromatic N) is 4. The van der Waals surface area contributed by atoms with Crippen LogP contribution in [0.2, 0.25) is 5.02 Å². The summed E-state index contributed by atoms with van der Waals surface area (Å²) in [4.78, 5) is 17.4. The highest BCUT2D eigenvalue weighted by Gasteiger charge is 2.19. The predicted molar refractivity (Wildman–Crippen MR) is 137 cm³/mol. The van der Waals surface area contributed by atoms with Gasteiger partial charge in [-0.1, -0.05) is 42.5 Å². The summed E-state index contributed by atoms with van der Waals surface area (Å²) in [5.41, 5.74) is 5.38. The van der Waals surface area contributed by atoms with Crippen molar-refractivity contribution in [2.75, 3.05) is 4.72 Å². The Balaban J connectivity index is 1.73. The Morgan fingerprint density at radius 3 is 2.54 bits per heavy atom. The molecular formula is C26H22ClN5O2S. The van der Waals surface area contributed by atoms with E-state index in [0.717, 1.165) is 22.6 Å². The van der Waals surface area contributed by atoms with E-state index in [4.69, 9.17) is 11.6 Å². The van der Waals surface area contributed by atoms with Crippen LogP contribution in [0, 0.1) is 25.7 Å². The van der Waals surface area contributed by atoms with Crippen molar-refractivity contribution in [3.8, 4) is 23.1 Å². The van der Waals surface area contributed by atoms with E-state index in [2.05, 4.69) is 36.5 Å². The monoisotopic (exact) mass is 503 g/mol. The summed E-state index contributed by atoms with van der Waals surface area (Å²) in [6, 6.07) is 11.7. The second-order valence-corrected chi connectivity index (χ2v) is 9.78. The number of hydrogen-bond donors (Lipinski definition) is 1. The maximum atomic E-state index is 12.9. The molecule has 0 saturated carbocycles. The third-order valence-corrected chi connectivity index (χ3v) is 7.09. The van der Waals surface area contributed by atoms with E-state index >= 15 is 0 Å². The van der Waals surface area contributed by atoms with Crippen LogP contribution in [0.1, 0.15) is 35.1 Å². The van der Waals surface area contributed by atoms with Gasteiger partial charge in [-0.3, -0.25) is 14.7 Å². The van der Waals surface area contributed by atoms with Crippen LogP contribution >= 0.6 is 11.6 Å². The maximum Gasteiger partial charge on any atom is 0.263 e. The Labute approximate surface area is 209 Å². The lowest BCUT2D eigenvalue weighted by molar-refractivity contribution is 0.601. The van der Waals surface area contributed by atoms with Crippen LogP contribution < -0.4 is 4.72 Å². The summed E-state index contributed by atoms with van der Waals surface area (Å²) in [7, 11) is -3.90. The number of pyridine rings is 2. The third kappa shape index (κ3) is 5.48. The van der Waals surface area contributed by atoms with E-state index in [0.29, 0.717) is 28.9 Å². The lowest BCUT2D eigenvalue weighted by Crippen LogP contribution is -2.14. The van der Waals surface area contributed by atoms with Crippen molar-refractivity contribution in [1.29, 1.82) is 0 Å².